The summed E-state index contributed by atoms with van der Waals surface area (Å²) in [5, 5.41) is -1.46. The molecule has 0 amide bonds. The molecule has 0 bridgehead atoms. The van der Waals surface area contributed by atoms with Crippen LogP contribution in [0.4, 0.5) is 0 Å². The van der Waals surface area contributed by atoms with Crippen molar-refractivity contribution in [3.05, 3.63) is 71.8 Å². The van der Waals surface area contributed by atoms with Crippen LogP contribution in [0.15, 0.2) is 60.7 Å². The zero-order chi connectivity index (χ0) is 16.9. The minimum absolute atomic E-state index is 0.186. The van der Waals surface area contributed by atoms with Gasteiger partial charge in [0.15, 0.2) is 0 Å². The molecule has 120 valence electrons. The lowest BCUT2D eigenvalue weighted by atomic mass is 9.76. The maximum Gasteiger partial charge on any atom is 0.241 e. The monoisotopic (exact) mass is 348 g/mol. The van der Waals surface area contributed by atoms with E-state index in [1.165, 1.54) is 0 Å². The molecule has 0 heterocycles. The molecular weight excluding hydrogens is 331 g/mol. The molecule has 0 aromatic heterocycles. The molecular formula is C19H18Cl2O2. The molecule has 0 radical (unpaired) electrons. The van der Waals surface area contributed by atoms with E-state index in [1.807, 2.05) is 36.4 Å². The summed E-state index contributed by atoms with van der Waals surface area (Å²) in [7, 11) is 0. The van der Waals surface area contributed by atoms with E-state index in [2.05, 4.69) is 6.92 Å². The fourth-order valence-electron chi connectivity index (χ4n) is 2.75. The highest BCUT2D eigenvalue weighted by Crippen LogP contribution is 2.37. The average molecular weight is 349 g/mol. The van der Waals surface area contributed by atoms with Gasteiger partial charge < -0.3 is 0 Å². The van der Waals surface area contributed by atoms with Crippen molar-refractivity contribution in [3.63, 3.8) is 0 Å². The average Bonchev–Trinajstić information content (AvgIpc) is 2.56. The molecule has 0 saturated heterocycles. The van der Waals surface area contributed by atoms with Gasteiger partial charge in [-0.1, -0.05) is 67.6 Å². The largest absolute Gasteiger partial charge is 0.280 e. The standard InChI is InChI=1S/C19H18Cl2O2/c1-14(15-8-4-2-5-9-15)12-13-19(17(20)22,18(21)23)16-10-6-3-7-11-16/h2-11,14H,12-13H2,1H3. The molecule has 0 aliphatic carbocycles. The molecule has 2 nitrogen and oxygen atoms in total. The number of hydrogen-bond donors (Lipinski definition) is 0. The van der Waals surface area contributed by atoms with Crippen molar-refractivity contribution in [1.82, 2.24) is 0 Å². The Morgan fingerprint density at radius 1 is 0.913 bits per heavy atom. The zero-order valence-corrected chi connectivity index (χ0v) is 14.3. The lowest BCUT2D eigenvalue weighted by molar-refractivity contribution is -0.126. The zero-order valence-electron chi connectivity index (χ0n) is 12.8. The minimum atomic E-state index is -1.49. The van der Waals surface area contributed by atoms with Gasteiger partial charge in [0.2, 0.25) is 10.5 Å². The van der Waals surface area contributed by atoms with Gasteiger partial charge in [-0.3, -0.25) is 9.59 Å². The number of carbonyl (C=O) groups excluding carboxylic acids is 2. The predicted molar refractivity (Wildman–Crippen MR) is 93.9 cm³/mol. The van der Waals surface area contributed by atoms with E-state index in [1.54, 1.807) is 24.3 Å². The summed E-state index contributed by atoms with van der Waals surface area (Å²) in [5.74, 6) is 0.186. The number of rotatable bonds is 7. The second-order valence-electron chi connectivity index (χ2n) is 5.67. The van der Waals surface area contributed by atoms with Crippen molar-refractivity contribution < 1.29 is 9.59 Å². The normalized spacial score (nSPS) is 12.7. The van der Waals surface area contributed by atoms with Gasteiger partial charge in [0, 0.05) is 0 Å². The summed E-state index contributed by atoms with van der Waals surface area (Å²) in [4.78, 5) is 24.2. The van der Waals surface area contributed by atoms with Crippen LogP contribution < -0.4 is 0 Å². The molecule has 1 unspecified atom stereocenters. The number of hydrogen-bond acceptors (Lipinski definition) is 2. The predicted octanol–water partition coefficient (Wildman–Crippen LogP) is 5.04. The Morgan fingerprint density at radius 2 is 1.39 bits per heavy atom. The molecule has 2 aromatic carbocycles. The molecule has 0 spiro atoms. The molecule has 0 N–H and O–H groups in total. The molecule has 0 fully saturated rings. The maximum atomic E-state index is 12.1. The summed E-state index contributed by atoms with van der Waals surface area (Å²) in [5.41, 5.74) is 0.201. The van der Waals surface area contributed by atoms with E-state index in [-0.39, 0.29) is 12.3 Å². The first-order valence-electron chi connectivity index (χ1n) is 7.49. The number of carbonyl (C=O) groups is 2. The Kier molecular flexibility index (Phi) is 5.97. The third-order valence-corrected chi connectivity index (χ3v) is 4.90. The molecule has 23 heavy (non-hydrogen) atoms. The minimum Gasteiger partial charge on any atom is -0.280 e. The Hall–Kier alpha value is -1.64. The fourth-order valence-corrected chi connectivity index (χ4v) is 3.38. The van der Waals surface area contributed by atoms with Crippen LogP contribution >= 0.6 is 23.2 Å². The molecule has 0 aliphatic rings. The van der Waals surface area contributed by atoms with Crippen LogP contribution in [0.25, 0.3) is 0 Å². The number of benzene rings is 2. The summed E-state index contributed by atoms with van der Waals surface area (Å²) in [6, 6.07) is 18.7. The van der Waals surface area contributed by atoms with Crippen LogP contribution in [0, 0.1) is 0 Å². The topological polar surface area (TPSA) is 34.1 Å². The van der Waals surface area contributed by atoms with Gasteiger partial charge in [-0.2, -0.15) is 0 Å². The third-order valence-electron chi connectivity index (χ3n) is 4.26. The van der Waals surface area contributed by atoms with Crippen molar-refractivity contribution in [2.45, 2.75) is 31.1 Å². The van der Waals surface area contributed by atoms with Crippen molar-refractivity contribution in [1.29, 1.82) is 0 Å². The lowest BCUT2D eigenvalue weighted by Crippen LogP contribution is -2.39. The van der Waals surface area contributed by atoms with Gasteiger partial charge in [-0.15, -0.1) is 0 Å². The molecule has 0 saturated carbocycles. The van der Waals surface area contributed by atoms with E-state index in [4.69, 9.17) is 23.2 Å². The lowest BCUT2D eigenvalue weighted by Gasteiger charge is -2.28. The first-order valence-corrected chi connectivity index (χ1v) is 8.24. The molecule has 1 atom stereocenters. The van der Waals surface area contributed by atoms with Gasteiger partial charge in [0.1, 0.15) is 5.41 Å². The van der Waals surface area contributed by atoms with Crippen LogP contribution in [0.1, 0.15) is 36.8 Å². The smallest absolute Gasteiger partial charge is 0.241 e. The van der Waals surface area contributed by atoms with Crippen molar-refractivity contribution in [2.75, 3.05) is 0 Å². The van der Waals surface area contributed by atoms with Gasteiger partial charge in [0.25, 0.3) is 0 Å². The number of halogens is 2. The van der Waals surface area contributed by atoms with Crippen molar-refractivity contribution in [3.8, 4) is 0 Å². The third kappa shape index (κ3) is 3.82. The van der Waals surface area contributed by atoms with E-state index >= 15 is 0 Å². The van der Waals surface area contributed by atoms with Gasteiger partial charge >= 0.3 is 0 Å². The second-order valence-corrected chi connectivity index (χ2v) is 6.36. The van der Waals surface area contributed by atoms with Gasteiger partial charge in [-0.05, 0) is 53.1 Å². The summed E-state index contributed by atoms with van der Waals surface area (Å²) >= 11 is 11.6. The summed E-state index contributed by atoms with van der Waals surface area (Å²) in [6.45, 7) is 2.06. The Bertz CT molecular complexity index is 654. The summed E-state index contributed by atoms with van der Waals surface area (Å²) < 4.78 is 0. The van der Waals surface area contributed by atoms with Crippen LogP contribution in [-0.4, -0.2) is 10.5 Å². The Labute approximate surface area is 146 Å². The SMILES string of the molecule is CC(CCC(C(=O)Cl)(C(=O)Cl)c1ccccc1)c1ccccc1. The highest BCUT2D eigenvalue weighted by molar-refractivity contribution is 6.76. The van der Waals surface area contributed by atoms with E-state index in [0.717, 1.165) is 5.56 Å². The van der Waals surface area contributed by atoms with Crippen LogP contribution in [-0.2, 0) is 15.0 Å². The summed E-state index contributed by atoms with van der Waals surface area (Å²) in [6.07, 6.45) is 0.896. The first-order chi connectivity index (χ1) is 11.0. The highest BCUT2D eigenvalue weighted by atomic mass is 35.5. The van der Waals surface area contributed by atoms with Gasteiger partial charge in [0.05, 0.1) is 0 Å². The van der Waals surface area contributed by atoms with Crippen LogP contribution in [0.5, 0.6) is 0 Å². The molecule has 4 heteroatoms. The van der Waals surface area contributed by atoms with E-state index in [9.17, 15) is 9.59 Å². The Balaban J connectivity index is 2.29. The molecule has 0 aliphatic heterocycles. The molecule has 2 aromatic rings. The van der Waals surface area contributed by atoms with E-state index < -0.39 is 15.9 Å². The first kappa shape index (κ1) is 17.7. The Morgan fingerprint density at radius 3 is 1.87 bits per heavy atom. The second kappa shape index (κ2) is 7.76. The maximum absolute atomic E-state index is 12.1. The highest BCUT2D eigenvalue weighted by Gasteiger charge is 2.45. The van der Waals surface area contributed by atoms with Crippen molar-refractivity contribution >= 4 is 33.7 Å². The van der Waals surface area contributed by atoms with Crippen LogP contribution in [0.2, 0.25) is 0 Å². The molecule has 2 rings (SSSR count). The van der Waals surface area contributed by atoms with Crippen LogP contribution in [0.3, 0.4) is 0 Å². The quantitative estimate of drug-likeness (QED) is 0.518. The van der Waals surface area contributed by atoms with Crippen molar-refractivity contribution in [2.24, 2.45) is 0 Å². The fraction of sp³-hybridized carbons (Fsp3) is 0.263. The van der Waals surface area contributed by atoms with E-state index in [0.29, 0.717) is 12.0 Å². The van der Waals surface area contributed by atoms with Gasteiger partial charge in [-0.25, -0.2) is 0 Å².